The fourth-order valence-corrected chi connectivity index (χ4v) is 2.76. The third-order valence-corrected chi connectivity index (χ3v) is 4.20. The van der Waals surface area contributed by atoms with E-state index in [9.17, 15) is 0 Å². The van der Waals surface area contributed by atoms with Gasteiger partial charge in [0, 0.05) is 25.2 Å². The maximum absolute atomic E-state index is 6.29. The van der Waals surface area contributed by atoms with Crippen LogP contribution in [0, 0.1) is 0 Å². The van der Waals surface area contributed by atoms with Crippen LogP contribution < -0.4 is 4.74 Å². The Morgan fingerprint density at radius 3 is 2.81 bits per heavy atom. The third kappa shape index (κ3) is 2.99. The quantitative estimate of drug-likeness (QED) is 0.770. The Bertz CT molecular complexity index is 636. The molecule has 21 heavy (non-hydrogen) atoms. The molecule has 2 aromatic heterocycles. The second-order valence-electron chi connectivity index (χ2n) is 5.65. The molecule has 1 aliphatic rings. The number of hydrogen-bond donors (Lipinski definition) is 0. The molecule has 1 aliphatic carbocycles. The Kier molecular flexibility index (Phi) is 4.04. The lowest BCUT2D eigenvalue weighted by molar-refractivity contribution is 0.308. The van der Waals surface area contributed by atoms with Crippen LogP contribution in [0.5, 0.6) is 5.88 Å². The first-order chi connectivity index (χ1) is 10.1. The molecule has 0 radical (unpaired) electrons. The number of hydrogen-bond acceptors (Lipinski definition) is 4. The molecule has 1 atom stereocenters. The van der Waals surface area contributed by atoms with Gasteiger partial charge in [0.2, 0.25) is 5.88 Å². The number of halogens is 1. The van der Waals surface area contributed by atoms with E-state index < -0.39 is 0 Å². The molecule has 0 saturated heterocycles. The predicted molar refractivity (Wildman–Crippen MR) is 84.0 cm³/mol. The predicted octanol–water partition coefficient (Wildman–Crippen LogP) is 2.83. The number of likely N-dealkylation sites (N-methyl/N-ethyl adjacent to an activating group) is 1. The molecular weight excluding hydrogens is 288 g/mol. The van der Waals surface area contributed by atoms with Crippen molar-refractivity contribution >= 4 is 22.8 Å². The van der Waals surface area contributed by atoms with Gasteiger partial charge < -0.3 is 14.2 Å². The summed E-state index contributed by atoms with van der Waals surface area (Å²) in [6.07, 6.45) is 2.62. The molecule has 3 rings (SSSR count). The normalized spacial score (nSPS) is 16.6. The number of fused-ring (bicyclic) bond motifs is 1. The van der Waals surface area contributed by atoms with Gasteiger partial charge in [-0.05, 0) is 32.9 Å². The van der Waals surface area contributed by atoms with Crippen LogP contribution in [0.3, 0.4) is 0 Å². The fraction of sp³-hybridized carbons (Fsp3) is 0.600. The number of imidazole rings is 1. The molecular formula is C15H21ClN4O. The highest BCUT2D eigenvalue weighted by molar-refractivity contribution is 6.20. The fourth-order valence-electron chi connectivity index (χ4n) is 2.60. The zero-order chi connectivity index (χ0) is 15.0. The van der Waals surface area contributed by atoms with Crippen molar-refractivity contribution in [3.8, 4) is 5.88 Å². The minimum atomic E-state index is -0.142. The lowest BCUT2D eigenvalue weighted by Crippen LogP contribution is -2.26. The van der Waals surface area contributed by atoms with Crippen molar-refractivity contribution in [2.24, 2.45) is 0 Å². The number of rotatable bonds is 6. The van der Waals surface area contributed by atoms with Gasteiger partial charge in [-0.15, -0.1) is 11.6 Å². The Hall–Kier alpha value is -1.33. The molecule has 0 amide bonds. The monoisotopic (exact) mass is 308 g/mol. The summed E-state index contributed by atoms with van der Waals surface area (Å²) >= 11 is 6.29. The average molecular weight is 309 g/mol. The van der Waals surface area contributed by atoms with Crippen molar-refractivity contribution in [1.82, 2.24) is 19.4 Å². The number of nitrogens with zero attached hydrogens (tertiary/aromatic N) is 4. The maximum Gasteiger partial charge on any atom is 0.215 e. The first-order valence-corrected chi connectivity index (χ1v) is 7.79. The van der Waals surface area contributed by atoms with Gasteiger partial charge in [-0.3, -0.25) is 0 Å². The number of alkyl halides is 1. The molecule has 1 saturated carbocycles. The lowest BCUT2D eigenvalue weighted by Gasteiger charge is -2.17. The molecule has 1 fully saturated rings. The highest BCUT2D eigenvalue weighted by Crippen LogP contribution is 2.27. The first-order valence-electron chi connectivity index (χ1n) is 7.35. The van der Waals surface area contributed by atoms with Crippen molar-refractivity contribution in [1.29, 1.82) is 0 Å². The van der Waals surface area contributed by atoms with Crippen LogP contribution >= 0.6 is 11.6 Å². The zero-order valence-electron chi connectivity index (χ0n) is 12.7. The SMILES string of the molecule is COc1ccc2nc(C(C)Cl)n(CCN(C)C3CC3)c2n1. The van der Waals surface area contributed by atoms with Crippen LogP contribution in [0.25, 0.3) is 11.2 Å². The van der Waals surface area contributed by atoms with Crippen molar-refractivity contribution in [3.63, 3.8) is 0 Å². The highest BCUT2D eigenvalue weighted by atomic mass is 35.5. The van der Waals surface area contributed by atoms with Crippen molar-refractivity contribution in [3.05, 3.63) is 18.0 Å². The Labute approximate surface area is 129 Å². The summed E-state index contributed by atoms with van der Waals surface area (Å²) in [6, 6.07) is 4.52. The minimum absolute atomic E-state index is 0.142. The molecule has 6 heteroatoms. The van der Waals surface area contributed by atoms with Crippen LogP contribution in [0.1, 0.15) is 31.0 Å². The second-order valence-corrected chi connectivity index (χ2v) is 6.30. The van der Waals surface area contributed by atoms with E-state index >= 15 is 0 Å². The van der Waals surface area contributed by atoms with E-state index in [-0.39, 0.29) is 5.38 Å². The molecule has 0 bridgehead atoms. The van der Waals surface area contributed by atoms with Crippen LogP contribution in [0.2, 0.25) is 0 Å². The topological polar surface area (TPSA) is 43.2 Å². The highest BCUT2D eigenvalue weighted by Gasteiger charge is 2.26. The average Bonchev–Trinajstić information content (AvgIpc) is 3.26. The van der Waals surface area contributed by atoms with Gasteiger partial charge in [-0.1, -0.05) is 0 Å². The largest absolute Gasteiger partial charge is 0.481 e. The number of aromatic nitrogens is 3. The maximum atomic E-state index is 6.29. The molecule has 1 unspecified atom stereocenters. The number of pyridine rings is 1. The molecule has 0 aliphatic heterocycles. The van der Waals surface area contributed by atoms with E-state index in [0.717, 1.165) is 36.1 Å². The van der Waals surface area contributed by atoms with Crippen molar-refractivity contribution in [2.45, 2.75) is 37.7 Å². The molecule has 0 N–H and O–H groups in total. The van der Waals surface area contributed by atoms with E-state index in [4.69, 9.17) is 16.3 Å². The summed E-state index contributed by atoms with van der Waals surface area (Å²) in [7, 11) is 3.80. The van der Waals surface area contributed by atoms with E-state index in [2.05, 4.69) is 26.5 Å². The molecule has 2 aromatic rings. The third-order valence-electron chi connectivity index (χ3n) is 4.01. The molecule has 5 nitrogen and oxygen atoms in total. The van der Waals surface area contributed by atoms with E-state index in [1.165, 1.54) is 12.8 Å². The summed E-state index contributed by atoms with van der Waals surface area (Å²) in [5.74, 6) is 1.48. The van der Waals surface area contributed by atoms with Crippen LogP contribution in [-0.4, -0.2) is 46.2 Å². The molecule has 0 aromatic carbocycles. The van der Waals surface area contributed by atoms with E-state index in [1.54, 1.807) is 7.11 Å². The van der Waals surface area contributed by atoms with Gasteiger partial charge in [0.05, 0.1) is 12.5 Å². The van der Waals surface area contributed by atoms with Gasteiger partial charge in [0.1, 0.15) is 11.3 Å². The van der Waals surface area contributed by atoms with Crippen LogP contribution in [0.15, 0.2) is 12.1 Å². The van der Waals surface area contributed by atoms with Gasteiger partial charge in [-0.25, -0.2) is 4.98 Å². The summed E-state index contributed by atoms with van der Waals surface area (Å²) in [5.41, 5.74) is 1.72. The molecule has 114 valence electrons. The summed E-state index contributed by atoms with van der Waals surface area (Å²) in [6.45, 7) is 3.77. The molecule has 2 heterocycles. The van der Waals surface area contributed by atoms with E-state index in [0.29, 0.717) is 5.88 Å². The number of ether oxygens (including phenoxy) is 1. The van der Waals surface area contributed by atoms with Crippen LogP contribution in [-0.2, 0) is 6.54 Å². The zero-order valence-corrected chi connectivity index (χ0v) is 13.5. The first kappa shape index (κ1) is 14.6. The van der Waals surface area contributed by atoms with E-state index in [1.807, 2.05) is 19.1 Å². The number of methoxy groups -OCH3 is 1. The van der Waals surface area contributed by atoms with Crippen molar-refractivity contribution < 1.29 is 4.74 Å². The van der Waals surface area contributed by atoms with Gasteiger partial charge in [0.15, 0.2) is 5.65 Å². The minimum Gasteiger partial charge on any atom is -0.481 e. The van der Waals surface area contributed by atoms with Gasteiger partial charge >= 0.3 is 0 Å². The second kappa shape index (κ2) is 5.81. The van der Waals surface area contributed by atoms with Gasteiger partial charge in [-0.2, -0.15) is 4.98 Å². The molecule has 0 spiro atoms. The van der Waals surface area contributed by atoms with Gasteiger partial charge in [0.25, 0.3) is 0 Å². The standard InChI is InChI=1S/C15H21ClN4O/c1-10(16)14-17-12-6-7-13(21-3)18-15(12)20(14)9-8-19(2)11-4-5-11/h6-7,10-11H,4-5,8-9H2,1-3H3. The van der Waals surface area contributed by atoms with Crippen LogP contribution in [0.4, 0.5) is 0 Å². The Morgan fingerprint density at radius 2 is 2.19 bits per heavy atom. The van der Waals surface area contributed by atoms with Crippen molar-refractivity contribution in [2.75, 3.05) is 20.7 Å². The lowest BCUT2D eigenvalue weighted by atomic mass is 10.4. The Morgan fingerprint density at radius 1 is 1.43 bits per heavy atom. The smallest absolute Gasteiger partial charge is 0.215 e. The summed E-state index contributed by atoms with van der Waals surface area (Å²) in [5, 5.41) is -0.142. The Balaban J connectivity index is 1.93. The summed E-state index contributed by atoms with van der Waals surface area (Å²) in [4.78, 5) is 11.6. The summed E-state index contributed by atoms with van der Waals surface area (Å²) < 4.78 is 7.34.